The van der Waals surface area contributed by atoms with E-state index in [1.807, 2.05) is 36.4 Å². The molecule has 0 aliphatic carbocycles. The van der Waals surface area contributed by atoms with Crippen LogP contribution in [0.1, 0.15) is 5.56 Å². The summed E-state index contributed by atoms with van der Waals surface area (Å²) in [5, 5.41) is 4.42. The topological polar surface area (TPSA) is 12.5 Å². The molecular formula is C45H30BF2NO. The largest absolute Gasteiger partial charge is 0.456 e. The number of anilines is 3. The van der Waals surface area contributed by atoms with Crippen molar-refractivity contribution in [2.45, 2.75) is 6.92 Å². The van der Waals surface area contributed by atoms with Gasteiger partial charge in [-0.25, -0.2) is 8.78 Å². The van der Waals surface area contributed by atoms with E-state index < -0.39 is 0 Å². The Morgan fingerprint density at radius 1 is 0.520 bits per heavy atom. The van der Waals surface area contributed by atoms with E-state index in [0.29, 0.717) is 0 Å². The first kappa shape index (κ1) is 29.9. The Hall–Kier alpha value is -6.20. The molecule has 0 N–H and O–H groups in total. The molecule has 0 radical (unpaired) electrons. The Labute approximate surface area is 289 Å². The van der Waals surface area contributed by atoms with Crippen molar-refractivity contribution in [2.75, 3.05) is 4.90 Å². The van der Waals surface area contributed by atoms with Crippen molar-refractivity contribution in [1.82, 2.24) is 0 Å². The number of nitrogens with zero attached hydrogens (tertiary/aromatic N) is 1. The van der Waals surface area contributed by atoms with Gasteiger partial charge in [0.1, 0.15) is 23.1 Å². The highest BCUT2D eigenvalue weighted by Gasteiger charge is 2.28. The van der Waals surface area contributed by atoms with Gasteiger partial charge in [-0.2, -0.15) is 0 Å². The molecule has 0 aromatic heterocycles. The molecule has 0 fully saturated rings. The van der Waals surface area contributed by atoms with Crippen molar-refractivity contribution >= 4 is 61.7 Å². The number of aryl methyl sites for hydroxylation is 1. The van der Waals surface area contributed by atoms with Gasteiger partial charge in [0, 0.05) is 34.1 Å². The fourth-order valence-electron chi connectivity index (χ4n) is 7.45. The van der Waals surface area contributed by atoms with Crippen LogP contribution in [-0.4, -0.2) is 6.71 Å². The van der Waals surface area contributed by atoms with Gasteiger partial charge < -0.3 is 9.64 Å². The summed E-state index contributed by atoms with van der Waals surface area (Å²) in [5.41, 5.74) is 9.29. The molecule has 0 atom stereocenters. The lowest BCUT2D eigenvalue weighted by Gasteiger charge is -2.29. The predicted octanol–water partition coefficient (Wildman–Crippen LogP) is 10.3. The van der Waals surface area contributed by atoms with Crippen LogP contribution in [-0.2, 0) is 0 Å². The number of hydrogen-bond acceptors (Lipinski definition) is 2. The lowest BCUT2D eigenvalue weighted by molar-refractivity contribution is 0.487. The molecule has 0 spiro atoms. The zero-order valence-electron chi connectivity index (χ0n) is 27.3. The minimum Gasteiger partial charge on any atom is -0.456 e. The Morgan fingerprint density at radius 3 is 1.90 bits per heavy atom. The van der Waals surface area contributed by atoms with Crippen LogP contribution in [0.3, 0.4) is 0 Å². The standard InChI is InChI=1S/C45H30BF2NO/c1-29-7-2-5-11-42(29)49(36-22-13-30-8-3-4-9-31(30)27-36)37-23-24-38-39-25-26-41(40-10-6-12-43(45(39)40)50-44(38)28-37)46(32-14-18-34(47)19-15-32)33-16-20-35(48)21-17-33/h2-28H,1H3. The molecule has 0 unspecified atom stereocenters. The minimum absolute atomic E-state index is 0.242. The molecule has 0 bridgehead atoms. The van der Waals surface area contributed by atoms with Crippen molar-refractivity contribution in [1.29, 1.82) is 0 Å². The highest BCUT2D eigenvalue weighted by molar-refractivity contribution is 6.96. The van der Waals surface area contributed by atoms with Crippen molar-refractivity contribution in [2.24, 2.45) is 0 Å². The Kier molecular flexibility index (Phi) is 7.21. The number of fused-ring (bicyclic) bond motifs is 3. The third-order valence-electron chi connectivity index (χ3n) is 9.83. The highest BCUT2D eigenvalue weighted by atomic mass is 19.1. The first-order valence-electron chi connectivity index (χ1n) is 16.8. The number of halogens is 2. The van der Waals surface area contributed by atoms with E-state index in [2.05, 4.69) is 115 Å². The van der Waals surface area contributed by atoms with E-state index in [-0.39, 0.29) is 18.3 Å². The van der Waals surface area contributed by atoms with Gasteiger partial charge in [-0.15, -0.1) is 0 Å². The van der Waals surface area contributed by atoms with Crippen LogP contribution in [0.25, 0.3) is 32.7 Å². The molecule has 8 aromatic carbocycles. The van der Waals surface area contributed by atoms with Gasteiger partial charge >= 0.3 is 0 Å². The van der Waals surface area contributed by atoms with Crippen LogP contribution in [0.4, 0.5) is 25.8 Å². The lowest BCUT2D eigenvalue weighted by Crippen LogP contribution is -2.52. The first-order chi connectivity index (χ1) is 24.5. The van der Waals surface area contributed by atoms with Crippen LogP contribution in [0.2, 0.25) is 0 Å². The second-order valence-electron chi connectivity index (χ2n) is 12.9. The summed E-state index contributed by atoms with van der Waals surface area (Å²) in [6.07, 6.45) is 0. The molecular weight excluding hydrogens is 619 g/mol. The Morgan fingerprint density at radius 2 is 1.16 bits per heavy atom. The lowest BCUT2D eigenvalue weighted by atomic mass is 9.36. The molecule has 0 saturated carbocycles. The highest BCUT2D eigenvalue weighted by Crippen LogP contribution is 2.49. The maximum atomic E-state index is 14.0. The molecule has 238 valence electrons. The summed E-state index contributed by atoms with van der Waals surface area (Å²) in [7, 11) is 0. The van der Waals surface area contributed by atoms with Gasteiger partial charge in [0.15, 0.2) is 0 Å². The van der Waals surface area contributed by atoms with Gasteiger partial charge in [-0.1, -0.05) is 113 Å². The SMILES string of the molecule is Cc1ccccc1N(c1ccc2c(c1)Oc1cccc3c(B(c4ccc(F)cc4)c4ccc(F)cc4)ccc-2c13)c1ccc2ccccc2c1. The molecule has 8 aromatic rings. The summed E-state index contributed by atoms with van der Waals surface area (Å²) >= 11 is 0. The number of para-hydroxylation sites is 1. The molecule has 50 heavy (non-hydrogen) atoms. The molecule has 9 rings (SSSR count). The summed E-state index contributed by atoms with van der Waals surface area (Å²) in [4.78, 5) is 2.29. The van der Waals surface area contributed by atoms with Gasteiger partial charge in [0.25, 0.3) is 0 Å². The Bertz CT molecular complexity index is 2520. The average Bonchev–Trinajstić information content (AvgIpc) is 3.15. The van der Waals surface area contributed by atoms with Crippen LogP contribution < -0.4 is 26.0 Å². The molecule has 1 heterocycles. The van der Waals surface area contributed by atoms with E-state index in [4.69, 9.17) is 4.74 Å². The molecule has 1 aliphatic rings. The Balaban J connectivity index is 1.19. The monoisotopic (exact) mass is 649 g/mol. The van der Waals surface area contributed by atoms with Crippen LogP contribution >= 0.6 is 0 Å². The zero-order chi connectivity index (χ0) is 33.8. The molecule has 1 aliphatic heterocycles. The van der Waals surface area contributed by atoms with E-state index in [1.165, 1.54) is 40.6 Å². The predicted molar refractivity (Wildman–Crippen MR) is 204 cm³/mol. The van der Waals surface area contributed by atoms with Gasteiger partial charge in [0.05, 0.1) is 0 Å². The first-order valence-corrected chi connectivity index (χ1v) is 16.8. The molecule has 2 nitrogen and oxygen atoms in total. The minimum atomic E-state index is -0.297. The fraction of sp³-hybridized carbons (Fsp3) is 0.0222. The summed E-state index contributed by atoms with van der Waals surface area (Å²) in [6, 6.07) is 53.5. The number of rotatable bonds is 6. The van der Waals surface area contributed by atoms with Gasteiger partial charge in [-0.3, -0.25) is 0 Å². The second kappa shape index (κ2) is 12.0. The maximum absolute atomic E-state index is 14.0. The number of hydrogen-bond donors (Lipinski definition) is 0. The number of ether oxygens (including phenoxy) is 1. The van der Waals surface area contributed by atoms with Crippen LogP contribution in [0.5, 0.6) is 11.5 Å². The van der Waals surface area contributed by atoms with E-state index in [1.54, 1.807) is 0 Å². The van der Waals surface area contributed by atoms with E-state index in [0.717, 1.165) is 66.8 Å². The van der Waals surface area contributed by atoms with Gasteiger partial charge in [0.2, 0.25) is 6.71 Å². The van der Waals surface area contributed by atoms with Crippen molar-refractivity contribution in [3.63, 3.8) is 0 Å². The zero-order valence-corrected chi connectivity index (χ0v) is 27.3. The second-order valence-corrected chi connectivity index (χ2v) is 12.9. The van der Waals surface area contributed by atoms with Crippen molar-refractivity contribution in [3.8, 4) is 22.6 Å². The van der Waals surface area contributed by atoms with Crippen LogP contribution in [0.15, 0.2) is 164 Å². The van der Waals surface area contributed by atoms with Gasteiger partial charge in [-0.05, 0) is 94.9 Å². The maximum Gasteiger partial charge on any atom is 0.242 e. The third-order valence-corrected chi connectivity index (χ3v) is 9.83. The van der Waals surface area contributed by atoms with E-state index >= 15 is 0 Å². The van der Waals surface area contributed by atoms with Crippen LogP contribution in [0, 0.1) is 18.6 Å². The summed E-state index contributed by atoms with van der Waals surface area (Å²) in [6.45, 7) is 1.90. The summed E-state index contributed by atoms with van der Waals surface area (Å²) < 4.78 is 34.9. The quantitative estimate of drug-likeness (QED) is 0.166. The van der Waals surface area contributed by atoms with Crippen molar-refractivity contribution in [3.05, 3.63) is 181 Å². The summed E-state index contributed by atoms with van der Waals surface area (Å²) in [5.74, 6) is 0.960. The smallest absolute Gasteiger partial charge is 0.242 e. The fourth-order valence-corrected chi connectivity index (χ4v) is 7.45. The van der Waals surface area contributed by atoms with Crippen molar-refractivity contribution < 1.29 is 13.5 Å². The normalized spacial score (nSPS) is 11.7. The molecule has 0 amide bonds. The molecule has 0 saturated heterocycles. The average molecular weight is 650 g/mol. The van der Waals surface area contributed by atoms with E-state index in [9.17, 15) is 8.78 Å². The molecule has 5 heteroatoms. The third kappa shape index (κ3) is 5.10. The number of benzene rings is 8.